The molecule has 1 aliphatic carbocycles. The molecule has 2 rings (SSSR count). The lowest BCUT2D eigenvalue weighted by Gasteiger charge is -2.29. The van der Waals surface area contributed by atoms with Crippen LogP contribution in [0, 0.1) is 5.92 Å². The molecule has 0 amide bonds. The first-order valence-electron chi connectivity index (χ1n) is 7.28. The normalized spacial score (nSPS) is 23.3. The van der Waals surface area contributed by atoms with E-state index in [1.807, 2.05) is 18.2 Å². The van der Waals surface area contributed by atoms with E-state index in [1.165, 1.54) is 32.1 Å². The molecule has 1 aromatic carbocycles. The Bertz CT molecular complexity index is 408. The third-order valence-electron chi connectivity index (χ3n) is 4.18. The molecule has 0 spiro atoms. The predicted molar refractivity (Wildman–Crippen MR) is 80.9 cm³/mol. The first-order chi connectivity index (χ1) is 9.22. The summed E-state index contributed by atoms with van der Waals surface area (Å²) < 4.78 is 5.38. The molecule has 1 N–H and O–H groups in total. The summed E-state index contributed by atoms with van der Waals surface area (Å²) in [5.41, 5.74) is 1.15. The first kappa shape index (κ1) is 14.7. The van der Waals surface area contributed by atoms with Gasteiger partial charge in [-0.1, -0.05) is 37.8 Å². The van der Waals surface area contributed by atoms with Crippen LogP contribution in [0.15, 0.2) is 18.2 Å². The quantitative estimate of drug-likeness (QED) is 0.863. The number of hydrogen-bond acceptors (Lipinski definition) is 2. The maximum Gasteiger partial charge on any atom is 0.123 e. The molecule has 0 radical (unpaired) electrons. The van der Waals surface area contributed by atoms with Crippen molar-refractivity contribution in [2.24, 2.45) is 5.92 Å². The van der Waals surface area contributed by atoms with Crippen molar-refractivity contribution in [3.05, 3.63) is 28.8 Å². The van der Waals surface area contributed by atoms with Gasteiger partial charge in [0.15, 0.2) is 0 Å². The zero-order valence-electron chi connectivity index (χ0n) is 11.9. The summed E-state index contributed by atoms with van der Waals surface area (Å²) in [5.74, 6) is 1.81. The lowest BCUT2D eigenvalue weighted by atomic mass is 9.84. The molecule has 1 fully saturated rings. The van der Waals surface area contributed by atoms with Crippen molar-refractivity contribution in [2.45, 2.75) is 51.6 Å². The average Bonchev–Trinajstić information content (AvgIpc) is 2.45. The summed E-state index contributed by atoms with van der Waals surface area (Å²) in [7, 11) is 1.71. The maximum atomic E-state index is 6.06. The van der Waals surface area contributed by atoms with Crippen LogP contribution >= 0.6 is 11.6 Å². The van der Waals surface area contributed by atoms with E-state index in [2.05, 4.69) is 12.2 Å². The molecular weight excluding hydrogens is 258 g/mol. The van der Waals surface area contributed by atoms with Gasteiger partial charge in [0.05, 0.1) is 7.11 Å². The molecular formula is C16H24ClNO. The molecule has 0 saturated heterocycles. The largest absolute Gasteiger partial charge is 0.496 e. The van der Waals surface area contributed by atoms with Gasteiger partial charge in [0.1, 0.15) is 5.75 Å². The Labute approximate surface area is 121 Å². The van der Waals surface area contributed by atoms with E-state index in [0.29, 0.717) is 6.04 Å². The summed E-state index contributed by atoms with van der Waals surface area (Å²) in [6.07, 6.45) is 6.65. The van der Waals surface area contributed by atoms with Crippen molar-refractivity contribution in [3.63, 3.8) is 0 Å². The number of rotatable bonds is 5. The lowest BCUT2D eigenvalue weighted by molar-refractivity contribution is 0.277. The third kappa shape index (κ3) is 4.12. The summed E-state index contributed by atoms with van der Waals surface area (Å²) >= 11 is 6.06. The van der Waals surface area contributed by atoms with E-state index in [9.17, 15) is 0 Å². The average molecular weight is 282 g/mol. The minimum Gasteiger partial charge on any atom is -0.496 e. The van der Waals surface area contributed by atoms with E-state index in [-0.39, 0.29) is 0 Å². The van der Waals surface area contributed by atoms with Gasteiger partial charge >= 0.3 is 0 Å². The second kappa shape index (κ2) is 7.16. The van der Waals surface area contributed by atoms with Gasteiger partial charge in [-0.2, -0.15) is 0 Å². The van der Waals surface area contributed by atoms with Crippen LogP contribution in [0.2, 0.25) is 5.02 Å². The molecule has 2 nitrogen and oxygen atoms in total. The standard InChI is InChI=1S/C16H24ClNO/c1-3-12-5-4-6-15(9-12)18-11-13-10-14(17)7-8-16(13)19-2/h7-8,10,12,15,18H,3-6,9,11H2,1-2H3. The molecule has 1 aliphatic rings. The van der Waals surface area contributed by atoms with E-state index in [4.69, 9.17) is 16.3 Å². The number of methoxy groups -OCH3 is 1. The van der Waals surface area contributed by atoms with E-state index >= 15 is 0 Å². The molecule has 0 aromatic heterocycles. The molecule has 0 bridgehead atoms. The summed E-state index contributed by atoms with van der Waals surface area (Å²) in [5, 5.41) is 4.44. The molecule has 1 aromatic rings. The number of hydrogen-bond donors (Lipinski definition) is 1. The molecule has 0 aliphatic heterocycles. The number of nitrogens with one attached hydrogen (secondary N) is 1. The van der Waals surface area contributed by atoms with E-state index in [1.54, 1.807) is 7.11 Å². The van der Waals surface area contributed by atoms with E-state index in [0.717, 1.165) is 28.8 Å². The van der Waals surface area contributed by atoms with Gasteiger partial charge in [-0.3, -0.25) is 0 Å². The fraction of sp³-hybridized carbons (Fsp3) is 0.625. The molecule has 106 valence electrons. The van der Waals surface area contributed by atoms with Crippen LogP contribution in [0.5, 0.6) is 5.75 Å². The van der Waals surface area contributed by atoms with Crippen molar-refractivity contribution < 1.29 is 4.74 Å². The minimum atomic E-state index is 0.641. The Hall–Kier alpha value is -0.730. The first-order valence-corrected chi connectivity index (χ1v) is 7.66. The molecule has 0 heterocycles. The Morgan fingerprint density at radius 1 is 1.37 bits per heavy atom. The summed E-state index contributed by atoms with van der Waals surface area (Å²) in [4.78, 5) is 0. The van der Waals surface area contributed by atoms with Gasteiger partial charge in [-0.05, 0) is 37.0 Å². The van der Waals surface area contributed by atoms with Gasteiger partial charge in [0.25, 0.3) is 0 Å². The van der Waals surface area contributed by atoms with Crippen LogP contribution < -0.4 is 10.1 Å². The van der Waals surface area contributed by atoms with Crippen LogP contribution in [0.1, 0.15) is 44.6 Å². The monoisotopic (exact) mass is 281 g/mol. The molecule has 2 atom stereocenters. The van der Waals surface area contributed by atoms with E-state index < -0.39 is 0 Å². The van der Waals surface area contributed by atoms with Crippen LogP contribution in [0.3, 0.4) is 0 Å². The van der Waals surface area contributed by atoms with Gasteiger partial charge in [-0.15, -0.1) is 0 Å². The van der Waals surface area contributed by atoms with Crippen LogP contribution in [-0.4, -0.2) is 13.2 Å². The Kier molecular flexibility index (Phi) is 5.53. The van der Waals surface area contributed by atoms with Gasteiger partial charge < -0.3 is 10.1 Å². The SMILES string of the molecule is CCC1CCCC(NCc2cc(Cl)ccc2OC)C1. The van der Waals surface area contributed by atoms with Crippen LogP contribution in [-0.2, 0) is 6.54 Å². The molecule has 2 unspecified atom stereocenters. The van der Waals surface area contributed by atoms with Gasteiger partial charge in [0.2, 0.25) is 0 Å². The Balaban J connectivity index is 1.92. The van der Waals surface area contributed by atoms with Crippen LogP contribution in [0.4, 0.5) is 0 Å². The summed E-state index contributed by atoms with van der Waals surface area (Å²) in [6, 6.07) is 6.45. The highest BCUT2D eigenvalue weighted by Gasteiger charge is 2.20. The molecule has 3 heteroatoms. The zero-order chi connectivity index (χ0) is 13.7. The van der Waals surface area contributed by atoms with Gasteiger partial charge in [0, 0.05) is 23.2 Å². The van der Waals surface area contributed by atoms with Crippen molar-refractivity contribution in [2.75, 3.05) is 7.11 Å². The maximum absolute atomic E-state index is 6.06. The Morgan fingerprint density at radius 3 is 2.95 bits per heavy atom. The second-order valence-electron chi connectivity index (χ2n) is 5.47. The molecule has 1 saturated carbocycles. The Morgan fingerprint density at radius 2 is 2.21 bits per heavy atom. The fourth-order valence-electron chi connectivity index (χ4n) is 2.99. The summed E-state index contributed by atoms with van der Waals surface area (Å²) in [6.45, 7) is 3.14. The topological polar surface area (TPSA) is 21.3 Å². The van der Waals surface area contributed by atoms with Crippen LogP contribution in [0.25, 0.3) is 0 Å². The van der Waals surface area contributed by atoms with Crippen molar-refractivity contribution in [1.29, 1.82) is 0 Å². The highest BCUT2D eigenvalue weighted by Crippen LogP contribution is 2.28. The number of halogens is 1. The van der Waals surface area contributed by atoms with Crippen molar-refractivity contribution in [1.82, 2.24) is 5.32 Å². The number of ether oxygens (including phenoxy) is 1. The number of benzene rings is 1. The third-order valence-corrected chi connectivity index (χ3v) is 4.42. The minimum absolute atomic E-state index is 0.641. The van der Waals surface area contributed by atoms with Gasteiger partial charge in [-0.25, -0.2) is 0 Å². The highest BCUT2D eigenvalue weighted by atomic mass is 35.5. The highest BCUT2D eigenvalue weighted by molar-refractivity contribution is 6.30. The smallest absolute Gasteiger partial charge is 0.123 e. The zero-order valence-corrected chi connectivity index (χ0v) is 12.7. The molecule has 19 heavy (non-hydrogen) atoms. The predicted octanol–water partition coefficient (Wildman–Crippen LogP) is 4.41. The van der Waals surface area contributed by atoms with Crippen molar-refractivity contribution >= 4 is 11.6 Å². The lowest BCUT2D eigenvalue weighted by Crippen LogP contribution is -2.33. The second-order valence-corrected chi connectivity index (χ2v) is 5.91. The fourth-order valence-corrected chi connectivity index (χ4v) is 3.18. The van der Waals surface area contributed by atoms with Crippen molar-refractivity contribution in [3.8, 4) is 5.75 Å².